The van der Waals surface area contributed by atoms with Crippen LogP contribution in [0, 0.1) is 6.92 Å². The van der Waals surface area contributed by atoms with Crippen molar-refractivity contribution >= 4 is 17.7 Å². The van der Waals surface area contributed by atoms with Gasteiger partial charge in [0.1, 0.15) is 12.4 Å². The highest BCUT2D eigenvalue weighted by molar-refractivity contribution is 7.99. The van der Waals surface area contributed by atoms with Crippen LogP contribution >= 0.6 is 11.8 Å². The topological polar surface area (TPSA) is 95.1 Å². The van der Waals surface area contributed by atoms with Crippen LogP contribution in [-0.2, 0) is 11.4 Å². The number of hydrogen-bond acceptors (Lipinski definition) is 6. The third kappa shape index (κ3) is 4.41. The minimum absolute atomic E-state index is 0.153. The van der Waals surface area contributed by atoms with Crippen molar-refractivity contribution in [2.45, 2.75) is 18.7 Å². The van der Waals surface area contributed by atoms with Gasteiger partial charge in [-0.1, -0.05) is 47.7 Å². The molecule has 1 amide bonds. The fourth-order valence-corrected chi connectivity index (χ4v) is 3.06. The fraction of sp³-hybridized carbons (Fsp3) is 0.167. The number of ether oxygens (including phenoxy) is 1. The average molecular weight is 369 g/mol. The Morgan fingerprint density at radius 1 is 1.15 bits per heavy atom. The maximum atomic E-state index is 11.4. The number of thioether (sulfide) groups is 1. The first kappa shape index (κ1) is 18.0. The molecule has 0 atom stereocenters. The molecule has 0 radical (unpaired) electrons. The van der Waals surface area contributed by atoms with Crippen LogP contribution in [0.5, 0.6) is 5.75 Å². The average Bonchev–Trinajstić information content (AvgIpc) is 3.09. The number of amides is 1. The van der Waals surface area contributed by atoms with Crippen molar-refractivity contribution in [3.8, 4) is 11.4 Å². The number of benzene rings is 2. The Morgan fingerprint density at radius 2 is 1.88 bits per heavy atom. The van der Waals surface area contributed by atoms with E-state index in [1.54, 1.807) is 0 Å². The molecular formula is C18H19N5O2S. The minimum Gasteiger partial charge on any atom is -0.486 e. The second-order valence-electron chi connectivity index (χ2n) is 5.53. The molecule has 0 aliphatic heterocycles. The first-order valence-corrected chi connectivity index (χ1v) is 8.97. The summed E-state index contributed by atoms with van der Waals surface area (Å²) < 4.78 is 7.72. The Labute approximate surface area is 155 Å². The molecule has 1 heterocycles. The van der Waals surface area contributed by atoms with Crippen molar-refractivity contribution in [2.24, 2.45) is 5.84 Å². The molecular weight excluding hydrogens is 350 g/mol. The number of nitrogens with two attached hydrogens (primary N) is 1. The largest absolute Gasteiger partial charge is 0.486 e. The summed E-state index contributed by atoms with van der Waals surface area (Å²) in [5.41, 5.74) is 4.18. The van der Waals surface area contributed by atoms with Crippen molar-refractivity contribution in [2.75, 3.05) is 5.75 Å². The van der Waals surface area contributed by atoms with E-state index >= 15 is 0 Å². The summed E-state index contributed by atoms with van der Waals surface area (Å²) in [7, 11) is 0. The summed E-state index contributed by atoms with van der Waals surface area (Å²) in [6, 6.07) is 17.5. The Balaban J connectivity index is 1.83. The van der Waals surface area contributed by atoms with Gasteiger partial charge in [0.05, 0.1) is 5.75 Å². The van der Waals surface area contributed by atoms with Gasteiger partial charge in [0.25, 0.3) is 0 Å². The van der Waals surface area contributed by atoms with Crippen LogP contribution in [0.4, 0.5) is 0 Å². The first-order valence-electron chi connectivity index (χ1n) is 7.99. The molecule has 3 rings (SSSR count). The molecule has 0 saturated carbocycles. The minimum atomic E-state index is -0.282. The van der Waals surface area contributed by atoms with Gasteiger partial charge >= 0.3 is 0 Å². The predicted molar refractivity (Wildman–Crippen MR) is 99.9 cm³/mol. The second kappa shape index (κ2) is 8.50. The van der Waals surface area contributed by atoms with E-state index < -0.39 is 0 Å². The molecule has 0 aliphatic carbocycles. The summed E-state index contributed by atoms with van der Waals surface area (Å²) >= 11 is 1.26. The van der Waals surface area contributed by atoms with Gasteiger partial charge in [-0.15, -0.1) is 10.2 Å². The van der Waals surface area contributed by atoms with E-state index in [9.17, 15) is 4.79 Å². The van der Waals surface area contributed by atoms with Crippen LogP contribution in [0.3, 0.4) is 0 Å². The third-order valence-corrected chi connectivity index (χ3v) is 4.53. The highest BCUT2D eigenvalue weighted by atomic mass is 32.2. The molecule has 7 nitrogen and oxygen atoms in total. The smallest absolute Gasteiger partial charge is 0.244 e. The van der Waals surface area contributed by atoms with Crippen LogP contribution in [-0.4, -0.2) is 26.4 Å². The number of rotatable bonds is 7. The van der Waals surface area contributed by atoms with Gasteiger partial charge in [0.15, 0.2) is 11.0 Å². The molecule has 8 heteroatoms. The van der Waals surface area contributed by atoms with Gasteiger partial charge in [0, 0.05) is 5.69 Å². The van der Waals surface area contributed by atoms with Crippen molar-refractivity contribution in [3.63, 3.8) is 0 Å². The summed E-state index contributed by atoms with van der Waals surface area (Å²) in [6.45, 7) is 2.28. The Kier molecular flexibility index (Phi) is 5.88. The van der Waals surface area contributed by atoms with E-state index in [1.807, 2.05) is 66.1 Å². The molecule has 0 fully saturated rings. The second-order valence-corrected chi connectivity index (χ2v) is 6.47. The lowest BCUT2D eigenvalue weighted by atomic mass is 10.2. The number of nitrogens with one attached hydrogen (secondary N) is 1. The zero-order chi connectivity index (χ0) is 18.4. The standard InChI is InChI=1S/C18H19N5O2S/c1-13-7-9-15(10-8-13)25-11-16-21-22-18(26-12-17(24)20-19)23(16)14-5-3-2-4-6-14/h2-10H,11-12,19H2,1H3,(H,20,24). The lowest BCUT2D eigenvalue weighted by Gasteiger charge is -2.11. The highest BCUT2D eigenvalue weighted by Gasteiger charge is 2.16. The normalized spacial score (nSPS) is 10.5. The van der Waals surface area contributed by atoms with Crippen LogP contribution in [0.1, 0.15) is 11.4 Å². The number of aromatic nitrogens is 3. The Bertz CT molecular complexity index is 865. The summed E-state index contributed by atoms with van der Waals surface area (Å²) in [6.07, 6.45) is 0. The monoisotopic (exact) mass is 369 g/mol. The van der Waals surface area contributed by atoms with Gasteiger partial charge in [-0.3, -0.25) is 14.8 Å². The number of para-hydroxylation sites is 1. The molecule has 0 bridgehead atoms. The molecule has 0 spiro atoms. The van der Waals surface area contributed by atoms with E-state index in [0.717, 1.165) is 11.4 Å². The quantitative estimate of drug-likeness (QED) is 0.287. The fourth-order valence-electron chi connectivity index (χ4n) is 2.28. The third-order valence-electron chi connectivity index (χ3n) is 3.60. The maximum Gasteiger partial charge on any atom is 0.244 e. The Morgan fingerprint density at radius 3 is 2.58 bits per heavy atom. The highest BCUT2D eigenvalue weighted by Crippen LogP contribution is 2.23. The van der Waals surface area contributed by atoms with Gasteiger partial charge in [-0.2, -0.15) is 0 Å². The number of hydrogen-bond donors (Lipinski definition) is 2. The maximum absolute atomic E-state index is 11.4. The summed E-state index contributed by atoms with van der Waals surface area (Å²) in [4.78, 5) is 11.4. The van der Waals surface area contributed by atoms with Crippen LogP contribution < -0.4 is 16.0 Å². The number of carbonyl (C=O) groups excluding carboxylic acids is 1. The molecule has 134 valence electrons. The van der Waals surface area contributed by atoms with Crippen molar-refractivity contribution in [3.05, 3.63) is 66.0 Å². The Hall–Kier alpha value is -2.84. The molecule has 2 aromatic carbocycles. The van der Waals surface area contributed by atoms with E-state index in [2.05, 4.69) is 15.6 Å². The van der Waals surface area contributed by atoms with E-state index in [4.69, 9.17) is 10.6 Å². The molecule has 26 heavy (non-hydrogen) atoms. The van der Waals surface area contributed by atoms with Gasteiger partial charge in [-0.25, -0.2) is 5.84 Å². The number of carbonyl (C=O) groups is 1. The van der Waals surface area contributed by atoms with Crippen molar-refractivity contribution in [1.29, 1.82) is 0 Å². The van der Waals surface area contributed by atoms with Crippen LogP contribution in [0.25, 0.3) is 5.69 Å². The number of nitrogens with zero attached hydrogens (tertiary/aromatic N) is 3. The lowest BCUT2D eigenvalue weighted by Crippen LogP contribution is -2.31. The van der Waals surface area contributed by atoms with Crippen LogP contribution in [0.15, 0.2) is 59.8 Å². The predicted octanol–water partition coefficient (Wildman–Crippen LogP) is 2.24. The lowest BCUT2D eigenvalue weighted by molar-refractivity contribution is -0.118. The molecule has 3 N–H and O–H groups in total. The number of aryl methyl sites for hydroxylation is 1. The van der Waals surface area contributed by atoms with E-state index in [-0.39, 0.29) is 18.3 Å². The molecule has 3 aromatic rings. The van der Waals surface area contributed by atoms with Crippen LogP contribution in [0.2, 0.25) is 0 Å². The first-order chi connectivity index (χ1) is 12.7. The van der Waals surface area contributed by atoms with Gasteiger partial charge < -0.3 is 4.74 Å². The van der Waals surface area contributed by atoms with E-state index in [1.165, 1.54) is 17.3 Å². The molecule has 0 unspecified atom stereocenters. The van der Waals surface area contributed by atoms with Gasteiger partial charge in [0.2, 0.25) is 5.91 Å². The SMILES string of the molecule is Cc1ccc(OCc2nnc(SCC(=O)NN)n2-c2ccccc2)cc1. The number of hydrazine groups is 1. The van der Waals surface area contributed by atoms with Crippen molar-refractivity contribution in [1.82, 2.24) is 20.2 Å². The van der Waals surface area contributed by atoms with Crippen molar-refractivity contribution < 1.29 is 9.53 Å². The zero-order valence-corrected chi connectivity index (χ0v) is 15.1. The summed E-state index contributed by atoms with van der Waals surface area (Å²) in [5, 5.41) is 9.03. The van der Waals surface area contributed by atoms with E-state index in [0.29, 0.717) is 11.0 Å². The molecule has 0 saturated heterocycles. The summed E-state index contributed by atoms with van der Waals surface area (Å²) in [5.74, 6) is 6.41. The molecule has 1 aromatic heterocycles. The molecule has 0 aliphatic rings. The van der Waals surface area contributed by atoms with Gasteiger partial charge in [-0.05, 0) is 31.2 Å². The zero-order valence-electron chi connectivity index (χ0n) is 14.3.